The van der Waals surface area contributed by atoms with Gasteiger partial charge in [0.2, 0.25) is 0 Å². The highest BCUT2D eigenvalue weighted by atomic mass is 79.9. The van der Waals surface area contributed by atoms with Crippen LogP contribution in [0, 0.1) is 11.8 Å². The SMILES string of the molecule is CN(C)c1ccc(/C=N\N2C(=O)[C@H]3C4c5ccccc5C(c5ccccc54)[C@@H]3C2=O)cc1Br. The van der Waals surface area contributed by atoms with Gasteiger partial charge in [0, 0.05) is 30.4 Å². The van der Waals surface area contributed by atoms with E-state index < -0.39 is 11.8 Å². The molecule has 0 spiro atoms. The van der Waals surface area contributed by atoms with Crippen LogP contribution in [0.3, 0.4) is 0 Å². The van der Waals surface area contributed by atoms with Crippen LogP contribution in [-0.2, 0) is 9.59 Å². The van der Waals surface area contributed by atoms with E-state index in [0.29, 0.717) is 0 Å². The first-order chi connectivity index (χ1) is 16.0. The lowest BCUT2D eigenvalue weighted by Gasteiger charge is -2.45. The average Bonchev–Trinajstić information content (AvgIpc) is 3.07. The van der Waals surface area contributed by atoms with Crippen molar-refractivity contribution in [2.45, 2.75) is 11.8 Å². The maximum atomic E-state index is 13.6. The van der Waals surface area contributed by atoms with Crippen molar-refractivity contribution < 1.29 is 9.59 Å². The molecule has 1 aliphatic heterocycles. The molecule has 5 nitrogen and oxygen atoms in total. The molecule has 164 valence electrons. The second-order valence-corrected chi connectivity index (χ2v) is 9.96. The van der Waals surface area contributed by atoms with E-state index in [0.717, 1.165) is 43.0 Å². The third-order valence-corrected chi connectivity index (χ3v) is 7.84. The molecule has 1 saturated heterocycles. The summed E-state index contributed by atoms with van der Waals surface area (Å²) in [5.74, 6) is -1.46. The zero-order chi connectivity index (χ0) is 22.9. The number of rotatable bonds is 3. The number of amides is 2. The Kier molecular flexibility index (Phi) is 4.56. The van der Waals surface area contributed by atoms with E-state index in [9.17, 15) is 9.59 Å². The smallest absolute Gasteiger partial charge is 0.254 e. The fourth-order valence-corrected chi connectivity index (χ4v) is 6.62. The van der Waals surface area contributed by atoms with Gasteiger partial charge >= 0.3 is 0 Å². The van der Waals surface area contributed by atoms with Crippen molar-refractivity contribution in [1.29, 1.82) is 0 Å². The van der Waals surface area contributed by atoms with Crippen molar-refractivity contribution in [3.8, 4) is 0 Å². The fraction of sp³-hybridized carbons (Fsp3) is 0.222. The summed E-state index contributed by atoms with van der Waals surface area (Å²) in [6.07, 6.45) is 1.60. The van der Waals surface area contributed by atoms with Crippen molar-refractivity contribution in [1.82, 2.24) is 5.01 Å². The van der Waals surface area contributed by atoms with E-state index in [1.807, 2.05) is 61.5 Å². The summed E-state index contributed by atoms with van der Waals surface area (Å²) in [6.45, 7) is 0. The molecule has 1 fully saturated rings. The Hall–Kier alpha value is -3.25. The van der Waals surface area contributed by atoms with Crippen molar-refractivity contribution in [2.75, 3.05) is 19.0 Å². The molecule has 3 aromatic carbocycles. The van der Waals surface area contributed by atoms with E-state index in [1.54, 1.807) is 6.21 Å². The molecule has 0 saturated carbocycles. The molecule has 0 radical (unpaired) electrons. The van der Waals surface area contributed by atoms with Gasteiger partial charge in [-0.25, -0.2) is 0 Å². The molecule has 3 aliphatic carbocycles. The number of anilines is 1. The van der Waals surface area contributed by atoms with Crippen molar-refractivity contribution in [3.05, 3.63) is 99.0 Å². The Morgan fingerprint density at radius 2 is 1.30 bits per heavy atom. The summed E-state index contributed by atoms with van der Waals surface area (Å²) in [4.78, 5) is 29.1. The summed E-state index contributed by atoms with van der Waals surface area (Å²) in [6, 6.07) is 22.3. The first kappa shape index (κ1) is 20.4. The minimum atomic E-state index is -0.410. The maximum Gasteiger partial charge on any atom is 0.254 e. The number of hydrogen-bond donors (Lipinski definition) is 0. The number of hydrogen-bond acceptors (Lipinski definition) is 4. The summed E-state index contributed by atoms with van der Waals surface area (Å²) in [7, 11) is 3.95. The number of carbonyl (C=O) groups excluding carboxylic acids is 2. The highest BCUT2D eigenvalue weighted by Gasteiger charge is 2.61. The second kappa shape index (κ2) is 7.39. The minimum absolute atomic E-state index is 0.113. The van der Waals surface area contributed by atoms with Crippen LogP contribution in [0.25, 0.3) is 0 Å². The first-order valence-electron chi connectivity index (χ1n) is 11.0. The fourth-order valence-electron chi connectivity index (χ4n) is 5.87. The van der Waals surface area contributed by atoms with Gasteiger partial charge in [-0.05, 0) is 55.9 Å². The minimum Gasteiger partial charge on any atom is -0.377 e. The third kappa shape index (κ3) is 2.86. The topological polar surface area (TPSA) is 53.0 Å². The van der Waals surface area contributed by atoms with E-state index in [2.05, 4.69) is 45.3 Å². The average molecular weight is 500 g/mol. The van der Waals surface area contributed by atoms with Gasteiger partial charge in [-0.3, -0.25) is 9.59 Å². The Morgan fingerprint density at radius 3 is 1.73 bits per heavy atom. The van der Waals surface area contributed by atoms with Gasteiger partial charge in [-0.1, -0.05) is 54.6 Å². The first-order valence-corrected chi connectivity index (χ1v) is 11.8. The molecular weight excluding hydrogens is 478 g/mol. The highest BCUT2D eigenvalue weighted by Crippen LogP contribution is 2.60. The maximum absolute atomic E-state index is 13.6. The Bertz CT molecular complexity index is 1230. The lowest BCUT2D eigenvalue weighted by atomic mass is 9.55. The predicted molar refractivity (Wildman–Crippen MR) is 131 cm³/mol. The van der Waals surface area contributed by atoms with Gasteiger partial charge in [0.15, 0.2) is 0 Å². The van der Waals surface area contributed by atoms with Crippen LogP contribution in [0.5, 0.6) is 0 Å². The van der Waals surface area contributed by atoms with Crippen molar-refractivity contribution in [2.24, 2.45) is 16.9 Å². The van der Waals surface area contributed by atoms with Crippen LogP contribution < -0.4 is 4.90 Å². The number of imide groups is 1. The van der Waals surface area contributed by atoms with Crippen LogP contribution in [-0.4, -0.2) is 37.1 Å². The quantitative estimate of drug-likeness (QED) is 0.386. The van der Waals surface area contributed by atoms with Gasteiger partial charge in [-0.15, -0.1) is 0 Å². The number of carbonyl (C=O) groups is 2. The lowest BCUT2D eigenvalue weighted by molar-refractivity contribution is -0.139. The van der Waals surface area contributed by atoms with Crippen molar-refractivity contribution in [3.63, 3.8) is 0 Å². The molecule has 2 amide bonds. The van der Waals surface area contributed by atoms with Crippen molar-refractivity contribution >= 4 is 39.6 Å². The normalized spacial score (nSPS) is 24.8. The van der Waals surface area contributed by atoms with E-state index in [4.69, 9.17) is 0 Å². The highest BCUT2D eigenvalue weighted by molar-refractivity contribution is 9.10. The molecule has 4 aliphatic rings. The van der Waals surface area contributed by atoms with E-state index >= 15 is 0 Å². The summed E-state index contributed by atoms with van der Waals surface area (Å²) < 4.78 is 0.924. The molecular formula is C27H22BrN3O2. The van der Waals surface area contributed by atoms with Gasteiger partial charge < -0.3 is 4.90 Å². The Morgan fingerprint density at radius 1 is 0.818 bits per heavy atom. The summed E-state index contributed by atoms with van der Waals surface area (Å²) >= 11 is 3.58. The van der Waals surface area contributed by atoms with Crippen LogP contribution >= 0.6 is 15.9 Å². The van der Waals surface area contributed by atoms with Gasteiger partial charge in [0.05, 0.1) is 23.7 Å². The van der Waals surface area contributed by atoms with Crippen LogP contribution in [0.4, 0.5) is 5.69 Å². The van der Waals surface area contributed by atoms with Crippen LogP contribution in [0.1, 0.15) is 39.7 Å². The van der Waals surface area contributed by atoms with Crippen LogP contribution in [0.15, 0.2) is 76.3 Å². The summed E-state index contributed by atoms with van der Waals surface area (Å²) in [5.41, 5.74) is 6.52. The Labute approximate surface area is 200 Å². The number of halogens is 1. The third-order valence-electron chi connectivity index (χ3n) is 7.20. The number of hydrazone groups is 1. The molecule has 1 heterocycles. The molecule has 7 rings (SSSR count). The van der Waals surface area contributed by atoms with Gasteiger partial charge in [0.25, 0.3) is 11.8 Å². The summed E-state index contributed by atoms with van der Waals surface area (Å²) in [5, 5.41) is 5.50. The number of benzene rings is 3. The molecule has 6 heteroatoms. The number of nitrogens with zero attached hydrogens (tertiary/aromatic N) is 3. The van der Waals surface area contributed by atoms with Gasteiger partial charge in [0.1, 0.15) is 0 Å². The zero-order valence-electron chi connectivity index (χ0n) is 18.3. The van der Waals surface area contributed by atoms with Crippen LogP contribution in [0.2, 0.25) is 0 Å². The monoisotopic (exact) mass is 499 g/mol. The molecule has 3 aromatic rings. The standard InChI is InChI=1S/C27H22BrN3O2/c1-30(2)21-12-11-15(13-20(21)28)14-29-31-26(32)24-22-16-7-3-4-8-17(16)23(25(24)27(31)33)19-10-6-5-9-18(19)22/h3-14,22-25H,1-2H3/b29-14-/t22?,23?,24-,25-/m0/s1. The largest absolute Gasteiger partial charge is 0.377 e. The molecule has 0 aromatic heterocycles. The lowest BCUT2D eigenvalue weighted by Crippen LogP contribution is -2.41. The zero-order valence-corrected chi connectivity index (χ0v) is 19.9. The molecule has 0 N–H and O–H groups in total. The predicted octanol–water partition coefficient (Wildman–Crippen LogP) is 4.74. The molecule has 2 bridgehead atoms. The van der Waals surface area contributed by atoms with Gasteiger partial charge in [-0.2, -0.15) is 10.1 Å². The molecule has 2 atom stereocenters. The molecule has 33 heavy (non-hydrogen) atoms. The van der Waals surface area contributed by atoms with E-state index in [-0.39, 0.29) is 23.7 Å². The molecule has 0 unspecified atom stereocenters. The Balaban J connectivity index is 1.39. The van der Waals surface area contributed by atoms with E-state index in [1.165, 1.54) is 0 Å². The second-order valence-electron chi connectivity index (χ2n) is 9.10.